The average Bonchev–Trinajstić information content (AvgIpc) is 2.24. The van der Waals surface area contributed by atoms with Gasteiger partial charge in [-0.2, -0.15) is 0 Å². The minimum Gasteiger partial charge on any atom is -0.293 e. The Morgan fingerprint density at radius 1 is 1.33 bits per heavy atom. The molecule has 0 unspecified atom stereocenters. The summed E-state index contributed by atoms with van der Waals surface area (Å²) < 4.78 is 1.54. The van der Waals surface area contributed by atoms with E-state index in [0.29, 0.717) is 6.54 Å². The first-order valence-electron chi connectivity index (χ1n) is 4.68. The maximum absolute atomic E-state index is 11.4. The molecule has 2 heterocycles. The zero-order valence-electron chi connectivity index (χ0n) is 8.42. The van der Waals surface area contributed by atoms with Gasteiger partial charge in [0.2, 0.25) is 0 Å². The first-order chi connectivity index (χ1) is 7.27. The van der Waals surface area contributed by atoms with Crippen LogP contribution >= 0.6 is 0 Å². The third-order valence-corrected chi connectivity index (χ3v) is 2.23. The Kier molecular flexibility index (Phi) is 2.58. The molecule has 76 valence electrons. The minimum atomic E-state index is -0.0601. The van der Waals surface area contributed by atoms with Crippen molar-refractivity contribution in [3.05, 3.63) is 58.5 Å². The summed E-state index contributed by atoms with van der Waals surface area (Å²) >= 11 is 0. The Morgan fingerprint density at radius 2 is 2.20 bits per heavy atom. The smallest absolute Gasteiger partial charge is 0.253 e. The van der Waals surface area contributed by atoms with Crippen LogP contribution in [0, 0.1) is 6.92 Å². The van der Waals surface area contributed by atoms with E-state index >= 15 is 0 Å². The van der Waals surface area contributed by atoms with Gasteiger partial charge in [0.15, 0.2) is 0 Å². The molecular weight excluding hydrogens is 190 g/mol. The van der Waals surface area contributed by atoms with Crippen molar-refractivity contribution in [3.63, 3.8) is 0 Å². The highest BCUT2D eigenvalue weighted by Gasteiger charge is 2.00. The predicted octanol–water partition coefficient (Wildman–Crippen LogP) is 0.995. The summed E-state index contributed by atoms with van der Waals surface area (Å²) in [6.45, 7) is 2.45. The summed E-state index contributed by atoms with van der Waals surface area (Å²) in [5.41, 5.74) is 1.91. The molecule has 0 amide bonds. The fourth-order valence-corrected chi connectivity index (χ4v) is 1.34. The van der Waals surface area contributed by atoms with E-state index in [9.17, 15) is 4.79 Å². The molecular formula is C11H11N3O. The Bertz CT molecular complexity index is 519. The maximum Gasteiger partial charge on any atom is 0.253 e. The van der Waals surface area contributed by atoms with Gasteiger partial charge in [0, 0.05) is 18.5 Å². The van der Waals surface area contributed by atoms with Crippen LogP contribution in [0.25, 0.3) is 0 Å². The first-order valence-corrected chi connectivity index (χ1v) is 4.68. The first kappa shape index (κ1) is 9.58. The van der Waals surface area contributed by atoms with Gasteiger partial charge in [-0.25, -0.2) is 4.98 Å². The van der Waals surface area contributed by atoms with Crippen molar-refractivity contribution in [2.75, 3.05) is 0 Å². The molecule has 4 heteroatoms. The number of aromatic nitrogens is 3. The molecule has 2 aromatic heterocycles. The van der Waals surface area contributed by atoms with Gasteiger partial charge >= 0.3 is 0 Å². The summed E-state index contributed by atoms with van der Waals surface area (Å²) in [5.74, 6) is 0. The van der Waals surface area contributed by atoms with Crippen molar-refractivity contribution >= 4 is 0 Å². The van der Waals surface area contributed by atoms with Crippen molar-refractivity contribution in [1.29, 1.82) is 0 Å². The van der Waals surface area contributed by atoms with Gasteiger partial charge in [-0.1, -0.05) is 6.07 Å². The van der Waals surface area contributed by atoms with Gasteiger partial charge in [0.25, 0.3) is 5.56 Å². The molecule has 2 aromatic rings. The monoisotopic (exact) mass is 201 g/mol. The van der Waals surface area contributed by atoms with Crippen LogP contribution in [0.4, 0.5) is 0 Å². The van der Waals surface area contributed by atoms with E-state index in [1.54, 1.807) is 6.20 Å². The molecule has 15 heavy (non-hydrogen) atoms. The Morgan fingerprint density at radius 3 is 2.93 bits per heavy atom. The maximum atomic E-state index is 11.4. The standard InChI is InChI=1S/C11H11N3O/c1-9-3-2-5-13-10(9)7-14-8-12-6-4-11(14)15/h2-6,8H,7H2,1H3. The highest BCUT2D eigenvalue weighted by atomic mass is 16.1. The number of pyridine rings is 1. The van der Waals surface area contributed by atoms with E-state index in [-0.39, 0.29) is 5.56 Å². The topological polar surface area (TPSA) is 47.8 Å². The van der Waals surface area contributed by atoms with Gasteiger partial charge in [-0.3, -0.25) is 14.3 Å². The number of hydrogen-bond donors (Lipinski definition) is 0. The van der Waals surface area contributed by atoms with E-state index in [1.165, 1.54) is 23.2 Å². The molecule has 0 aliphatic carbocycles. The molecule has 0 saturated heterocycles. The van der Waals surface area contributed by atoms with E-state index in [1.807, 2.05) is 19.1 Å². The molecule has 2 rings (SSSR count). The van der Waals surface area contributed by atoms with Crippen LogP contribution < -0.4 is 5.56 Å². The quantitative estimate of drug-likeness (QED) is 0.728. The average molecular weight is 201 g/mol. The van der Waals surface area contributed by atoms with Crippen LogP contribution in [0.3, 0.4) is 0 Å². The molecule has 0 bridgehead atoms. The van der Waals surface area contributed by atoms with Crippen molar-refractivity contribution in [3.8, 4) is 0 Å². The second kappa shape index (κ2) is 4.04. The van der Waals surface area contributed by atoms with Crippen LogP contribution in [0.2, 0.25) is 0 Å². The molecule has 0 fully saturated rings. The van der Waals surface area contributed by atoms with Crippen LogP contribution in [0.15, 0.2) is 41.7 Å². The zero-order chi connectivity index (χ0) is 10.7. The Balaban J connectivity index is 2.34. The minimum absolute atomic E-state index is 0.0601. The number of rotatable bonds is 2. The van der Waals surface area contributed by atoms with Crippen molar-refractivity contribution < 1.29 is 0 Å². The third kappa shape index (κ3) is 2.10. The van der Waals surface area contributed by atoms with E-state index in [2.05, 4.69) is 9.97 Å². The molecule has 0 aromatic carbocycles. The fraction of sp³-hybridized carbons (Fsp3) is 0.182. The second-order valence-electron chi connectivity index (χ2n) is 3.31. The summed E-state index contributed by atoms with van der Waals surface area (Å²) in [4.78, 5) is 19.6. The normalized spacial score (nSPS) is 10.2. The van der Waals surface area contributed by atoms with Crippen molar-refractivity contribution in [2.45, 2.75) is 13.5 Å². The zero-order valence-corrected chi connectivity index (χ0v) is 8.42. The van der Waals surface area contributed by atoms with Crippen molar-refractivity contribution in [1.82, 2.24) is 14.5 Å². The highest BCUT2D eigenvalue weighted by molar-refractivity contribution is 5.17. The molecule has 0 saturated carbocycles. The Labute approximate surface area is 87.2 Å². The SMILES string of the molecule is Cc1cccnc1Cn1cnccc1=O. The van der Waals surface area contributed by atoms with E-state index in [4.69, 9.17) is 0 Å². The van der Waals surface area contributed by atoms with Gasteiger partial charge in [0.1, 0.15) is 0 Å². The van der Waals surface area contributed by atoms with E-state index in [0.717, 1.165) is 11.3 Å². The lowest BCUT2D eigenvalue weighted by atomic mass is 10.2. The molecule has 4 nitrogen and oxygen atoms in total. The molecule has 0 aliphatic rings. The van der Waals surface area contributed by atoms with Gasteiger partial charge in [0.05, 0.1) is 18.6 Å². The lowest BCUT2D eigenvalue weighted by Gasteiger charge is -2.05. The van der Waals surface area contributed by atoms with Gasteiger partial charge < -0.3 is 0 Å². The number of aryl methyl sites for hydroxylation is 1. The lowest BCUT2D eigenvalue weighted by Crippen LogP contribution is -2.20. The lowest BCUT2D eigenvalue weighted by molar-refractivity contribution is 0.714. The van der Waals surface area contributed by atoms with Gasteiger partial charge in [-0.05, 0) is 18.6 Å². The molecule has 0 aliphatic heterocycles. The summed E-state index contributed by atoms with van der Waals surface area (Å²) in [6.07, 6.45) is 4.74. The number of hydrogen-bond acceptors (Lipinski definition) is 3. The van der Waals surface area contributed by atoms with Crippen LogP contribution in [-0.2, 0) is 6.54 Å². The van der Waals surface area contributed by atoms with Gasteiger partial charge in [-0.15, -0.1) is 0 Å². The van der Waals surface area contributed by atoms with Crippen LogP contribution in [0.5, 0.6) is 0 Å². The summed E-state index contributed by atoms with van der Waals surface area (Å²) in [6, 6.07) is 5.30. The molecule has 0 radical (unpaired) electrons. The third-order valence-electron chi connectivity index (χ3n) is 2.23. The Hall–Kier alpha value is -1.97. The van der Waals surface area contributed by atoms with Crippen LogP contribution in [0.1, 0.15) is 11.3 Å². The molecule has 0 spiro atoms. The fourth-order valence-electron chi connectivity index (χ4n) is 1.34. The molecule has 0 N–H and O–H groups in total. The molecule has 0 atom stereocenters. The van der Waals surface area contributed by atoms with Crippen molar-refractivity contribution in [2.24, 2.45) is 0 Å². The summed E-state index contributed by atoms with van der Waals surface area (Å²) in [7, 11) is 0. The second-order valence-corrected chi connectivity index (χ2v) is 3.31. The van der Waals surface area contributed by atoms with E-state index < -0.39 is 0 Å². The highest BCUT2D eigenvalue weighted by Crippen LogP contribution is 2.03. The van der Waals surface area contributed by atoms with Crippen LogP contribution in [-0.4, -0.2) is 14.5 Å². The largest absolute Gasteiger partial charge is 0.293 e. The summed E-state index contributed by atoms with van der Waals surface area (Å²) in [5, 5.41) is 0. The predicted molar refractivity (Wildman–Crippen MR) is 56.6 cm³/mol. The number of nitrogens with zero attached hydrogens (tertiary/aromatic N) is 3.